The van der Waals surface area contributed by atoms with Crippen LogP contribution in [0.1, 0.15) is 29.3 Å². The smallest absolute Gasteiger partial charge is 0.332 e. The van der Waals surface area contributed by atoms with E-state index in [9.17, 15) is 14.4 Å². The Hall–Kier alpha value is -3.09. The van der Waals surface area contributed by atoms with Crippen molar-refractivity contribution < 1.29 is 4.79 Å². The molecule has 1 aromatic heterocycles. The predicted octanol–water partition coefficient (Wildman–Crippen LogP) is 1.67. The maximum atomic E-state index is 12.7. The molecule has 136 valence electrons. The third-order valence-corrected chi connectivity index (χ3v) is 4.44. The van der Waals surface area contributed by atoms with E-state index in [0.717, 1.165) is 15.8 Å². The number of nitrogens with zero attached hydrogens (tertiary/aromatic N) is 3. The molecule has 0 unspecified atom stereocenters. The summed E-state index contributed by atoms with van der Waals surface area (Å²) in [6.45, 7) is 2.37. The number of carbonyl (C=O) groups is 1. The maximum Gasteiger partial charge on any atom is 0.332 e. The van der Waals surface area contributed by atoms with E-state index >= 15 is 0 Å². The fraction of sp³-hybridized carbons (Fsp3) is 0.316. The molecule has 0 saturated carbocycles. The Bertz CT molecular complexity index is 1010. The van der Waals surface area contributed by atoms with Gasteiger partial charge in [0.25, 0.3) is 5.56 Å². The second-order valence-corrected chi connectivity index (χ2v) is 6.52. The molecule has 0 saturated heterocycles. The molecule has 26 heavy (non-hydrogen) atoms. The van der Waals surface area contributed by atoms with Crippen LogP contribution >= 0.6 is 0 Å². The van der Waals surface area contributed by atoms with Gasteiger partial charge in [-0.25, -0.2) is 4.79 Å². The molecule has 7 heteroatoms. The van der Waals surface area contributed by atoms with Gasteiger partial charge < -0.3 is 10.2 Å². The van der Waals surface area contributed by atoms with Crippen molar-refractivity contribution in [2.75, 3.05) is 24.3 Å². The number of nitrogens with one attached hydrogen (secondary N) is 1. The van der Waals surface area contributed by atoms with Crippen LogP contribution in [0.4, 0.5) is 11.5 Å². The summed E-state index contributed by atoms with van der Waals surface area (Å²) in [5, 5.41) is 2.98. The first-order valence-electron chi connectivity index (χ1n) is 8.49. The van der Waals surface area contributed by atoms with E-state index in [0.29, 0.717) is 24.5 Å². The molecule has 0 aliphatic carbocycles. The predicted molar refractivity (Wildman–Crippen MR) is 103 cm³/mol. The van der Waals surface area contributed by atoms with E-state index in [-0.39, 0.29) is 11.3 Å². The van der Waals surface area contributed by atoms with Crippen LogP contribution < -0.4 is 21.5 Å². The Morgan fingerprint density at radius 2 is 1.77 bits per heavy atom. The van der Waals surface area contributed by atoms with Crippen molar-refractivity contribution in [1.29, 1.82) is 0 Å². The molecular weight excluding hydrogens is 332 g/mol. The van der Waals surface area contributed by atoms with Crippen LogP contribution in [0.5, 0.6) is 0 Å². The number of anilines is 2. The second kappa shape index (κ2) is 6.67. The lowest BCUT2D eigenvalue weighted by atomic mass is 10.1. The zero-order chi connectivity index (χ0) is 19.0. The molecule has 2 aromatic rings. The Morgan fingerprint density at radius 3 is 2.35 bits per heavy atom. The topological polar surface area (TPSA) is 76.3 Å². The largest absolute Gasteiger partial charge is 0.378 e. The molecule has 0 atom stereocenters. The second-order valence-electron chi connectivity index (χ2n) is 6.52. The zero-order valence-corrected chi connectivity index (χ0v) is 15.4. The summed E-state index contributed by atoms with van der Waals surface area (Å²) in [6.07, 6.45) is 2.41. The fourth-order valence-electron chi connectivity index (χ4n) is 2.99. The molecule has 0 fully saturated rings. The van der Waals surface area contributed by atoms with Crippen LogP contribution in [0.3, 0.4) is 0 Å². The van der Waals surface area contributed by atoms with Gasteiger partial charge in [-0.1, -0.05) is 19.1 Å². The van der Waals surface area contributed by atoms with Gasteiger partial charge in [-0.3, -0.25) is 18.7 Å². The van der Waals surface area contributed by atoms with E-state index in [2.05, 4.69) is 5.32 Å². The summed E-state index contributed by atoms with van der Waals surface area (Å²) in [5.41, 5.74) is 1.21. The lowest BCUT2D eigenvalue weighted by Crippen LogP contribution is -2.40. The lowest BCUT2D eigenvalue weighted by Gasteiger charge is -2.12. The molecule has 1 N–H and O–H groups in total. The Kier molecular flexibility index (Phi) is 4.54. The van der Waals surface area contributed by atoms with Crippen molar-refractivity contribution in [1.82, 2.24) is 9.13 Å². The van der Waals surface area contributed by atoms with Gasteiger partial charge in [-0.15, -0.1) is 0 Å². The number of fused-ring (bicyclic) bond motifs is 1. The van der Waals surface area contributed by atoms with E-state index < -0.39 is 11.2 Å². The summed E-state index contributed by atoms with van der Waals surface area (Å²) < 4.78 is 2.44. The highest BCUT2D eigenvalue weighted by Gasteiger charge is 2.32. The van der Waals surface area contributed by atoms with Gasteiger partial charge in [0.15, 0.2) is 0 Å². The molecular formula is C19H22N4O3. The van der Waals surface area contributed by atoms with Crippen LogP contribution in [0, 0.1) is 0 Å². The van der Waals surface area contributed by atoms with Crippen molar-refractivity contribution in [3.63, 3.8) is 0 Å². The summed E-state index contributed by atoms with van der Waals surface area (Å²) >= 11 is 0. The van der Waals surface area contributed by atoms with Gasteiger partial charge in [0.2, 0.25) is 5.78 Å². The van der Waals surface area contributed by atoms with E-state index in [4.69, 9.17) is 0 Å². The van der Waals surface area contributed by atoms with Gasteiger partial charge in [-0.05, 0) is 30.2 Å². The molecule has 0 radical (unpaired) electrons. The van der Waals surface area contributed by atoms with Crippen molar-refractivity contribution >= 4 is 23.4 Å². The standard InChI is InChI=1S/C19H22N4O3/c1-5-10-23-17-15(18(25)22(4)19(23)26)16(24)14(20-17)11-12-6-8-13(9-7-12)21(2)3/h6-9,11,20H,5,10H2,1-4H3/b14-11-. The van der Waals surface area contributed by atoms with Crippen LogP contribution in [-0.4, -0.2) is 29.0 Å². The van der Waals surface area contributed by atoms with Crippen LogP contribution in [-0.2, 0) is 13.6 Å². The van der Waals surface area contributed by atoms with E-state index in [1.807, 2.05) is 50.2 Å². The highest BCUT2D eigenvalue weighted by molar-refractivity contribution is 6.19. The summed E-state index contributed by atoms with van der Waals surface area (Å²) in [4.78, 5) is 39.5. The van der Waals surface area contributed by atoms with E-state index in [1.54, 1.807) is 6.08 Å². The molecule has 0 bridgehead atoms. The summed E-state index contributed by atoms with van der Waals surface area (Å²) in [6, 6.07) is 7.70. The number of ketones is 1. The minimum atomic E-state index is -0.568. The molecule has 7 nitrogen and oxygen atoms in total. The number of allylic oxidation sites excluding steroid dienone is 1. The number of Topliss-reactive ketones (excluding diaryl/α,β-unsaturated/α-hetero) is 1. The molecule has 2 heterocycles. The van der Waals surface area contributed by atoms with Crippen molar-refractivity contribution in [3.8, 4) is 0 Å². The molecule has 3 rings (SSSR count). The summed E-state index contributed by atoms with van der Waals surface area (Å²) in [5.74, 6) is -0.0942. The number of aromatic nitrogens is 2. The monoisotopic (exact) mass is 354 g/mol. The number of rotatable bonds is 4. The first-order chi connectivity index (χ1) is 12.3. The quantitative estimate of drug-likeness (QED) is 0.846. The minimum Gasteiger partial charge on any atom is -0.378 e. The normalized spacial score (nSPS) is 14.5. The molecule has 1 aliphatic heterocycles. The Morgan fingerprint density at radius 1 is 1.12 bits per heavy atom. The van der Waals surface area contributed by atoms with Crippen molar-refractivity contribution in [3.05, 3.63) is 61.9 Å². The number of hydrogen-bond donors (Lipinski definition) is 1. The number of carbonyl (C=O) groups excluding carboxylic acids is 1. The average Bonchev–Trinajstić information content (AvgIpc) is 2.93. The zero-order valence-electron chi connectivity index (χ0n) is 15.4. The molecule has 0 amide bonds. The molecule has 1 aromatic carbocycles. The van der Waals surface area contributed by atoms with Gasteiger partial charge in [0.05, 0.1) is 5.70 Å². The highest BCUT2D eigenvalue weighted by atomic mass is 16.2. The van der Waals surface area contributed by atoms with Gasteiger partial charge in [-0.2, -0.15) is 0 Å². The van der Waals surface area contributed by atoms with Crippen LogP contribution in [0.15, 0.2) is 39.6 Å². The van der Waals surface area contributed by atoms with Gasteiger partial charge in [0.1, 0.15) is 11.4 Å². The first kappa shape index (κ1) is 17.7. The van der Waals surface area contributed by atoms with Gasteiger partial charge in [0, 0.05) is 33.4 Å². The fourth-order valence-corrected chi connectivity index (χ4v) is 2.99. The number of hydrogen-bond acceptors (Lipinski definition) is 5. The average molecular weight is 354 g/mol. The third kappa shape index (κ3) is 2.85. The van der Waals surface area contributed by atoms with Crippen molar-refractivity contribution in [2.45, 2.75) is 19.9 Å². The van der Waals surface area contributed by atoms with Crippen LogP contribution in [0.25, 0.3) is 6.08 Å². The third-order valence-electron chi connectivity index (χ3n) is 4.44. The SMILES string of the molecule is CCCn1c2c(c(=O)n(C)c1=O)C(=O)/C(=C/c1ccc(N(C)C)cc1)N2. The Balaban J connectivity index is 2.07. The maximum absolute atomic E-state index is 12.7. The molecule has 1 aliphatic rings. The first-order valence-corrected chi connectivity index (χ1v) is 8.49. The highest BCUT2D eigenvalue weighted by Crippen LogP contribution is 2.26. The van der Waals surface area contributed by atoms with Gasteiger partial charge >= 0.3 is 5.69 Å². The summed E-state index contributed by atoms with van der Waals surface area (Å²) in [7, 11) is 5.30. The minimum absolute atomic E-state index is 0.0247. The Labute approximate surface area is 151 Å². The lowest BCUT2D eigenvalue weighted by molar-refractivity contribution is 0.104. The van der Waals surface area contributed by atoms with E-state index in [1.165, 1.54) is 11.6 Å². The van der Waals surface area contributed by atoms with Crippen molar-refractivity contribution in [2.24, 2.45) is 7.05 Å². The molecule has 0 spiro atoms. The number of benzene rings is 1. The van der Waals surface area contributed by atoms with Crippen LogP contribution in [0.2, 0.25) is 0 Å².